The van der Waals surface area contributed by atoms with Crippen LogP contribution in [0.4, 0.5) is 4.39 Å². The summed E-state index contributed by atoms with van der Waals surface area (Å²) in [5, 5.41) is 0. The van der Waals surface area contributed by atoms with E-state index in [0.29, 0.717) is 26.1 Å². The fourth-order valence-corrected chi connectivity index (χ4v) is 3.57. The van der Waals surface area contributed by atoms with Gasteiger partial charge >= 0.3 is 0 Å². The minimum atomic E-state index is -0.695. The van der Waals surface area contributed by atoms with Crippen LogP contribution in [0.1, 0.15) is 24.8 Å². The SMILES string of the molecule is CCC(Oc1ccccc1F)C(=O)N1C[C@@H](CN)[C@H](c2ccccc2)C1.Cl. The summed E-state index contributed by atoms with van der Waals surface area (Å²) in [6, 6.07) is 16.3. The van der Waals surface area contributed by atoms with Crippen molar-refractivity contribution in [3.8, 4) is 5.75 Å². The number of carbonyl (C=O) groups is 1. The van der Waals surface area contributed by atoms with Gasteiger partial charge in [0, 0.05) is 19.0 Å². The molecule has 1 unspecified atom stereocenters. The van der Waals surface area contributed by atoms with Gasteiger partial charge in [0.15, 0.2) is 17.7 Å². The predicted octanol–water partition coefficient (Wildman–Crippen LogP) is 3.61. The number of halogens is 2. The summed E-state index contributed by atoms with van der Waals surface area (Å²) in [6.07, 6.45) is -0.215. The van der Waals surface area contributed by atoms with Crippen LogP contribution < -0.4 is 10.5 Å². The van der Waals surface area contributed by atoms with Gasteiger partial charge in [0.2, 0.25) is 0 Å². The van der Waals surface area contributed by atoms with Gasteiger partial charge in [0.25, 0.3) is 5.91 Å². The second-order valence-electron chi connectivity index (χ2n) is 6.70. The maximum atomic E-state index is 13.9. The average molecular weight is 393 g/mol. The first-order valence-corrected chi connectivity index (χ1v) is 9.09. The van der Waals surface area contributed by atoms with Gasteiger partial charge in [-0.1, -0.05) is 49.4 Å². The second kappa shape index (κ2) is 9.72. The Labute approximate surface area is 165 Å². The standard InChI is InChI=1S/C21H25FN2O2.ClH/c1-2-19(26-20-11-7-6-10-18(20)22)21(25)24-13-16(12-23)17(14-24)15-8-4-3-5-9-15;/h3-11,16-17,19H,2,12-14,23H2,1H3;1H/t16-,17+,19?;/m1./s1. The van der Waals surface area contributed by atoms with Crippen molar-refractivity contribution in [3.63, 3.8) is 0 Å². The monoisotopic (exact) mass is 392 g/mol. The zero-order valence-corrected chi connectivity index (χ0v) is 16.2. The largest absolute Gasteiger partial charge is 0.478 e. The number of carbonyl (C=O) groups excluding carboxylic acids is 1. The van der Waals surface area contributed by atoms with Crippen molar-refractivity contribution in [1.82, 2.24) is 4.90 Å². The molecule has 1 aliphatic rings. The van der Waals surface area contributed by atoms with Crippen LogP contribution in [-0.2, 0) is 4.79 Å². The highest BCUT2D eigenvalue weighted by Crippen LogP contribution is 2.33. The van der Waals surface area contributed by atoms with Gasteiger partial charge in [-0.2, -0.15) is 0 Å². The van der Waals surface area contributed by atoms with E-state index in [2.05, 4.69) is 12.1 Å². The van der Waals surface area contributed by atoms with Crippen molar-refractivity contribution in [2.24, 2.45) is 11.7 Å². The van der Waals surface area contributed by atoms with Gasteiger partial charge in [0.05, 0.1) is 0 Å². The number of likely N-dealkylation sites (tertiary alicyclic amines) is 1. The molecule has 1 heterocycles. The van der Waals surface area contributed by atoms with E-state index in [1.54, 1.807) is 18.2 Å². The molecule has 1 amide bonds. The number of hydrogen-bond donors (Lipinski definition) is 1. The Bertz CT molecular complexity index is 744. The second-order valence-corrected chi connectivity index (χ2v) is 6.70. The summed E-state index contributed by atoms with van der Waals surface area (Å²) < 4.78 is 19.5. The molecule has 2 N–H and O–H groups in total. The summed E-state index contributed by atoms with van der Waals surface area (Å²) in [5.74, 6) is -0.0138. The van der Waals surface area contributed by atoms with E-state index in [0.717, 1.165) is 0 Å². The first-order valence-electron chi connectivity index (χ1n) is 9.09. The summed E-state index contributed by atoms with van der Waals surface area (Å²) in [7, 11) is 0. The normalized spacial score (nSPS) is 20.0. The van der Waals surface area contributed by atoms with Gasteiger partial charge in [-0.3, -0.25) is 4.79 Å². The lowest BCUT2D eigenvalue weighted by Crippen LogP contribution is -2.41. The number of amides is 1. The summed E-state index contributed by atoms with van der Waals surface area (Å²) in [6.45, 7) is 3.61. The molecule has 0 spiro atoms. The van der Waals surface area contributed by atoms with E-state index in [1.807, 2.05) is 30.0 Å². The molecule has 4 nitrogen and oxygen atoms in total. The molecule has 2 aromatic rings. The molecule has 1 fully saturated rings. The minimum absolute atomic E-state index is 0. The number of rotatable bonds is 6. The Balaban J connectivity index is 0.00000261. The lowest BCUT2D eigenvalue weighted by atomic mass is 9.89. The molecule has 0 bridgehead atoms. The molecule has 27 heavy (non-hydrogen) atoms. The van der Waals surface area contributed by atoms with Crippen LogP contribution >= 0.6 is 12.4 Å². The zero-order chi connectivity index (χ0) is 18.5. The molecule has 0 aliphatic carbocycles. The van der Waals surface area contributed by atoms with Crippen LogP contribution in [-0.4, -0.2) is 36.5 Å². The average Bonchev–Trinajstić information content (AvgIpc) is 3.12. The van der Waals surface area contributed by atoms with Crippen LogP contribution in [0.5, 0.6) is 5.75 Å². The summed E-state index contributed by atoms with van der Waals surface area (Å²) in [4.78, 5) is 14.8. The van der Waals surface area contributed by atoms with E-state index < -0.39 is 11.9 Å². The molecular formula is C21H26ClFN2O2. The highest BCUT2D eigenvalue weighted by Gasteiger charge is 2.37. The molecule has 146 valence electrons. The zero-order valence-electron chi connectivity index (χ0n) is 15.4. The van der Waals surface area contributed by atoms with Crippen LogP contribution in [0, 0.1) is 11.7 Å². The molecule has 1 aliphatic heterocycles. The number of nitrogens with two attached hydrogens (primary N) is 1. The Hall–Kier alpha value is -2.11. The fourth-order valence-electron chi connectivity index (χ4n) is 3.57. The quantitative estimate of drug-likeness (QED) is 0.817. The third-order valence-electron chi connectivity index (χ3n) is 5.04. The topological polar surface area (TPSA) is 55.6 Å². The number of hydrogen-bond acceptors (Lipinski definition) is 3. The lowest BCUT2D eigenvalue weighted by Gasteiger charge is -2.24. The molecule has 3 atom stereocenters. The molecule has 1 saturated heterocycles. The molecule has 2 aromatic carbocycles. The van der Waals surface area contributed by atoms with Crippen molar-refractivity contribution in [2.45, 2.75) is 25.4 Å². The van der Waals surface area contributed by atoms with E-state index in [9.17, 15) is 9.18 Å². The Morgan fingerprint density at radius 1 is 1.19 bits per heavy atom. The van der Waals surface area contributed by atoms with Crippen molar-refractivity contribution >= 4 is 18.3 Å². The first-order chi connectivity index (χ1) is 12.6. The summed E-state index contributed by atoms with van der Waals surface area (Å²) >= 11 is 0. The fraction of sp³-hybridized carbons (Fsp3) is 0.381. The van der Waals surface area contributed by atoms with Crippen molar-refractivity contribution in [3.05, 3.63) is 66.0 Å². The van der Waals surface area contributed by atoms with Gasteiger partial charge < -0.3 is 15.4 Å². The molecule has 0 saturated carbocycles. The van der Waals surface area contributed by atoms with Crippen LogP contribution in [0.25, 0.3) is 0 Å². The van der Waals surface area contributed by atoms with Crippen LogP contribution in [0.3, 0.4) is 0 Å². The number of benzene rings is 2. The van der Waals surface area contributed by atoms with Crippen molar-refractivity contribution in [2.75, 3.05) is 19.6 Å². The van der Waals surface area contributed by atoms with Crippen LogP contribution in [0.2, 0.25) is 0 Å². The minimum Gasteiger partial charge on any atom is -0.478 e. The van der Waals surface area contributed by atoms with Gasteiger partial charge in [-0.25, -0.2) is 4.39 Å². The van der Waals surface area contributed by atoms with Gasteiger partial charge in [-0.05, 0) is 36.6 Å². The highest BCUT2D eigenvalue weighted by molar-refractivity contribution is 5.85. The Morgan fingerprint density at radius 2 is 1.85 bits per heavy atom. The predicted molar refractivity (Wildman–Crippen MR) is 107 cm³/mol. The van der Waals surface area contributed by atoms with Gasteiger partial charge in [0.1, 0.15) is 0 Å². The Morgan fingerprint density at radius 3 is 2.48 bits per heavy atom. The summed E-state index contributed by atoms with van der Waals surface area (Å²) in [5.41, 5.74) is 7.15. The molecular weight excluding hydrogens is 367 g/mol. The van der Waals surface area contributed by atoms with Gasteiger partial charge in [-0.15, -0.1) is 12.4 Å². The number of nitrogens with zero attached hydrogens (tertiary/aromatic N) is 1. The molecule has 0 radical (unpaired) electrons. The van der Waals surface area contributed by atoms with E-state index in [4.69, 9.17) is 10.5 Å². The maximum absolute atomic E-state index is 13.9. The lowest BCUT2D eigenvalue weighted by molar-refractivity contribution is -0.138. The van der Waals surface area contributed by atoms with E-state index in [1.165, 1.54) is 11.6 Å². The number of para-hydroxylation sites is 1. The van der Waals surface area contributed by atoms with Crippen molar-refractivity contribution in [1.29, 1.82) is 0 Å². The third-order valence-corrected chi connectivity index (χ3v) is 5.04. The first kappa shape index (κ1) is 21.2. The smallest absolute Gasteiger partial charge is 0.263 e. The molecule has 3 rings (SSSR count). The third kappa shape index (κ3) is 4.79. The molecule has 6 heteroatoms. The Kier molecular flexibility index (Phi) is 7.63. The highest BCUT2D eigenvalue weighted by atomic mass is 35.5. The molecule has 0 aromatic heterocycles. The van der Waals surface area contributed by atoms with E-state index in [-0.39, 0.29) is 35.9 Å². The van der Waals surface area contributed by atoms with E-state index >= 15 is 0 Å². The van der Waals surface area contributed by atoms with Crippen molar-refractivity contribution < 1.29 is 13.9 Å². The van der Waals surface area contributed by atoms with Crippen LogP contribution in [0.15, 0.2) is 54.6 Å². The maximum Gasteiger partial charge on any atom is 0.263 e. The number of ether oxygens (including phenoxy) is 1.